The summed E-state index contributed by atoms with van der Waals surface area (Å²) >= 11 is 0. The van der Waals surface area contributed by atoms with E-state index in [1.165, 1.54) is 6.07 Å². The molecular formula is C12H14FN3O. The molecule has 3 atom stereocenters. The Bertz CT molecular complexity index is 516. The van der Waals surface area contributed by atoms with Gasteiger partial charge in [0.15, 0.2) is 0 Å². The van der Waals surface area contributed by atoms with Crippen molar-refractivity contribution in [1.29, 1.82) is 0 Å². The Balaban J connectivity index is 2.13. The van der Waals surface area contributed by atoms with Gasteiger partial charge in [-0.1, -0.05) is 0 Å². The quantitative estimate of drug-likeness (QED) is 0.722. The second-order valence-electron chi connectivity index (χ2n) is 4.84. The SMILES string of the molecule is C[C@@]1(c2cc(N)ccc2F)N=C(N)OC2C[C@@H]21. The highest BCUT2D eigenvalue weighted by molar-refractivity contribution is 5.74. The van der Waals surface area contributed by atoms with Crippen molar-refractivity contribution in [2.75, 3.05) is 5.73 Å². The molecule has 1 saturated carbocycles. The first kappa shape index (κ1) is 10.4. The number of halogens is 1. The Kier molecular flexibility index (Phi) is 1.91. The summed E-state index contributed by atoms with van der Waals surface area (Å²) in [7, 11) is 0. The molecule has 0 radical (unpaired) electrons. The van der Waals surface area contributed by atoms with E-state index in [-0.39, 0.29) is 23.9 Å². The number of hydrogen-bond acceptors (Lipinski definition) is 4. The first-order valence-electron chi connectivity index (χ1n) is 5.58. The summed E-state index contributed by atoms with van der Waals surface area (Å²) in [4.78, 5) is 4.29. The van der Waals surface area contributed by atoms with E-state index in [1.54, 1.807) is 12.1 Å². The summed E-state index contributed by atoms with van der Waals surface area (Å²) < 4.78 is 19.2. The van der Waals surface area contributed by atoms with Gasteiger partial charge in [-0.15, -0.1) is 0 Å². The van der Waals surface area contributed by atoms with Crippen LogP contribution in [-0.4, -0.2) is 12.1 Å². The lowest BCUT2D eigenvalue weighted by Crippen LogP contribution is -2.35. The topological polar surface area (TPSA) is 73.6 Å². The molecule has 2 aliphatic rings. The molecule has 0 spiro atoms. The molecule has 5 heteroatoms. The number of fused-ring (bicyclic) bond motifs is 1. The summed E-state index contributed by atoms with van der Waals surface area (Å²) in [5, 5.41) is 0. The average Bonchev–Trinajstić information content (AvgIpc) is 3.01. The fraction of sp³-hybridized carbons (Fsp3) is 0.417. The predicted molar refractivity (Wildman–Crippen MR) is 62.8 cm³/mol. The van der Waals surface area contributed by atoms with Crippen LogP contribution in [0.4, 0.5) is 10.1 Å². The molecule has 4 nitrogen and oxygen atoms in total. The van der Waals surface area contributed by atoms with E-state index in [1.807, 2.05) is 6.92 Å². The Morgan fingerprint density at radius 2 is 2.24 bits per heavy atom. The molecule has 1 aliphatic heterocycles. The first-order chi connectivity index (χ1) is 8.00. The highest BCUT2D eigenvalue weighted by Crippen LogP contribution is 2.53. The van der Waals surface area contributed by atoms with Crippen molar-refractivity contribution in [2.45, 2.75) is 25.0 Å². The molecule has 0 bridgehead atoms. The van der Waals surface area contributed by atoms with E-state index in [0.717, 1.165) is 6.42 Å². The lowest BCUT2D eigenvalue weighted by molar-refractivity contribution is 0.202. The number of nitrogens with two attached hydrogens (primary N) is 2. The van der Waals surface area contributed by atoms with Gasteiger partial charge in [0.1, 0.15) is 11.9 Å². The fourth-order valence-electron chi connectivity index (χ4n) is 2.58. The first-order valence-corrected chi connectivity index (χ1v) is 5.58. The van der Waals surface area contributed by atoms with Gasteiger partial charge in [-0.05, 0) is 31.5 Å². The Morgan fingerprint density at radius 3 is 3.00 bits per heavy atom. The van der Waals surface area contributed by atoms with Crippen molar-refractivity contribution in [2.24, 2.45) is 16.6 Å². The Hall–Kier alpha value is -1.78. The maximum atomic E-state index is 13.9. The molecular weight excluding hydrogens is 221 g/mol. The molecule has 1 fully saturated rings. The number of anilines is 1. The molecule has 1 aromatic carbocycles. The van der Waals surface area contributed by atoms with Crippen molar-refractivity contribution in [1.82, 2.24) is 0 Å². The van der Waals surface area contributed by atoms with Crippen LogP contribution in [0.25, 0.3) is 0 Å². The molecule has 0 aromatic heterocycles. The molecule has 0 amide bonds. The molecule has 4 N–H and O–H groups in total. The molecule has 90 valence electrons. The molecule has 3 rings (SSSR count). The number of nitrogens with zero attached hydrogens (tertiary/aromatic N) is 1. The van der Waals surface area contributed by atoms with Gasteiger partial charge in [0.2, 0.25) is 0 Å². The van der Waals surface area contributed by atoms with Crippen LogP contribution in [-0.2, 0) is 10.3 Å². The number of amidine groups is 1. The standard InChI is InChI=1S/C12H14FN3O/c1-12(7-4-6(14)2-3-9(7)13)8-5-10(8)17-11(15)16-12/h2-4,8,10H,5,14H2,1H3,(H2,15,16)/t8-,10?,12-/m0/s1. The molecule has 1 aliphatic carbocycles. The number of aliphatic imine (C=N–C) groups is 1. The summed E-state index contributed by atoms with van der Waals surface area (Å²) in [6, 6.07) is 4.67. The van der Waals surface area contributed by atoms with Crippen molar-refractivity contribution in [3.8, 4) is 0 Å². The monoisotopic (exact) mass is 235 g/mol. The molecule has 1 heterocycles. The predicted octanol–water partition coefficient (Wildman–Crippen LogP) is 1.36. The van der Waals surface area contributed by atoms with Crippen LogP contribution in [0.15, 0.2) is 23.2 Å². The second-order valence-corrected chi connectivity index (χ2v) is 4.84. The summed E-state index contributed by atoms with van der Waals surface area (Å²) in [6.45, 7) is 1.88. The van der Waals surface area contributed by atoms with Crippen molar-refractivity contribution in [3.63, 3.8) is 0 Å². The minimum atomic E-state index is -0.660. The van der Waals surface area contributed by atoms with Crippen LogP contribution < -0.4 is 11.5 Å². The summed E-state index contributed by atoms with van der Waals surface area (Å²) in [6.07, 6.45) is 0.924. The maximum Gasteiger partial charge on any atom is 0.283 e. The van der Waals surface area contributed by atoms with E-state index in [2.05, 4.69) is 4.99 Å². The number of hydrogen-bond donors (Lipinski definition) is 2. The third-order valence-electron chi connectivity index (χ3n) is 3.60. The van der Waals surface area contributed by atoms with E-state index in [4.69, 9.17) is 16.2 Å². The Labute approximate surface area is 98.5 Å². The average molecular weight is 235 g/mol. The summed E-state index contributed by atoms with van der Waals surface area (Å²) in [5.74, 6) is -0.114. The third kappa shape index (κ3) is 1.45. The minimum absolute atomic E-state index is 0.0679. The maximum absolute atomic E-state index is 13.9. The number of benzene rings is 1. The van der Waals surface area contributed by atoms with Crippen LogP contribution >= 0.6 is 0 Å². The van der Waals surface area contributed by atoms with Crippen LogP contribution in [0, 0.1) is 11.7 Å². The molecule has 0 saturated heterocycles. The van der Waals surface area contributed by atoms with E-state index in [9.17, 15) is 4.39 Å². The van der Waals surface area contributed by atoms with E-state index < -0.39 is 5.54 Å². The number of nitrogen functional groups attached to an aromatic ring is 1. The largest absolute Gasteiger partial charge is 0.462 e. The highest BCUT2D eigenvalue weighted by atomic mass is 19.1. The van der Waals surface area contributed by atoms with Gasteiger partial charge in [-0.25, -0.2) is 9.38 Å². The number of rotatable bonds is 1. The zero-order chi connectivity index (χ0) is 12.2. The second kappa shape index (κ2) is 3.12. The zero-order valence-corrected chi connectivity index (χ0v) is 9.48. The van der Waals surface area contributed by atoms with Crippen molar-refractivity contribution < 1.29 is 9.13 Å². The van der Waals surface area contributed by atoms with Gasteiger partial charge in [0, 0.05) is 17.2 Å². The normalized spacial score (nSPS) is 34.6. The van der Waals surface area contributed by atoms with Gasteiger partial charge in [0.05, 0.1) is 5.54 Å². The minimum Gasteiger partial charge on any atom is -0.462 e. The van der Waals surface area contributed by atoms with Crippen LogP contribution in [0.2, 0.25) is 0 Å². The fourth-order valence-corrected chi connectivity index (χ4v) is 2.58. The van der Waals surface area contributed by atoms with Crippen LogP contribution in [0.1, 0.15) is 18.9 Å². The van der Waals surface area contributed by atoms with Crippen molar-refractivity contribution in [3.05, 3.63) is 29.6 Å². The third-order valence-corrected chi connectivity index (χ3v) is 3.60. The lowest BCUT2D eigenvalue weighted by atomic mass is 9.86. The number of ether oxygens (including phenoxy) is 1. The Morgan fingerprint density at radius 1 is 1.47 bits per heavy atom. The zero-order valence-electron chi connectivity index (χ0n) is 9.48. The smallest absolute Gasteiger partial charge is 0.283 e. The lowest BCUT2D eigenvalue weighted by Gasteiger charge is -2.30. The van der Waals surface area contributed by atoms with E-state index in [0.29, 0.717) is 11.3 Å². The van der Waals surface area contributed by atoms with Gasteiger partial charge >= 0.3 is 0 Å². The van der Waals surface area contributed by atoms with E-state index >= 15 is 0 Å². The summed E-state index contributed by atoms with van der Waals surface area (Å²) in [5.41, 5.74) is 11.7. The van der Waals surface area contributed by atoms with Crippen LogP contribution in [0.5, 0.6) is 0 Å². The molecule has 17 heavy (non-hydrogen) atoms. The van der Waals surface area contributed by atoms with Crippen molar-refractivity contribution >= 4 is 11.7 Å². The molecule has 1 unspecified atom stereocenters. The van der Waals surface area contributed by atoms with Gasteiger partial charge in [-0.3, -0.25) is 0 Å². The van der Waals surface area contributed by atoms with Gasteiger partial charge in [0.25, 0.3) is 6.02 Å². The molecule has 1 aromatic rings. The van der Waals surface area contributed by atoms with Gasteiger partial charge in [-0.2, -0.15) is 0 Å². The van der Waals surface area contributed by atoms with Gasteiger partial charge < -0.3 is 16.2 Å². The highest BCUT2D eigenvalue weighted by Gasteiger charge is 2.57. The van der Waals surface area contributed by atoms with Crippen LogP contribution in [0.3, 0.4) is 0 Å².